The predicted molar refractivity (Wildman–Crippen MR) is 173 cm³/mol. The van der Waals surface area contributed by atoms with E-state index in [-0.39, 0.29) is 25.3 Å². The van der Waals surface area contributed by atoms with Crippen LogP contribution in [0.5, 0.6) is 0 Å². The van der Waals surface area contributed by atoms with Crippen LogP contribution < -0.4 is 26.6 Å². The van der Waals surface area contributed by atoms with Crippen molar-refractivity contribution in [1.29, 1.82) is 0 Å². The van der Waals surface area contributed by atoms with Gasteiger partial charge in [0.15, 0.2) is 0 Å². The second kappa shape index (κ2) is 15.8. The van der Waals surface area contributed by atoms with Gasteiger partial charge in [0, 0.05) is 30.3 Å². The van der Waals surface area contributed by atoms with E-state index in [1.807, 2.05) is 11.4 Å². The molecule has 48 heavy (non-hydrogen) atoms. The van der Waals surface area contributed by atoms with Crippen LogP contribution in [0.1, 0.15) is 33.6 Å². The Bertz CT molecular complexity index is 1570. The van der Waals surface area contributed by atoms with E-state index in [0.717, 1.165) is 15.0 Å². The number of aromatic nitrogens is 1. The van der Waals surface area contributed by atoms with Gasteiger partial charge in [-0.3, -0.25) is 33.6 Å². The van der Waals surface area contributed by atoms with Crippen LogP contribution in [0.15, 0.2) is 22.7 Å². The van der Waals surface area contributed by atoms with E-state index in [1.165, 1.54) is 43.9 Å². The second-order valence-corrected chi connectivity index (χ2v) is 13.7. The lowest BCUT2D eigenvalue weighted by Gasteiger charge is -2.32. The lowest BCUT2D eigenvalue weighted by Crippen LogP contribution is -2.62. The third kappa shape index (κ3) is 9.03. The molecular formula is C29H39N7O10S2. The number of thiophene rings is 1. The second-order valence-electron chi connectivity index (χ2n) is 11.8. The maximum Gasteiger partial charge on any atom is 0.303 e. The molecule has 0 aliphatic carbocycles. The maximum absolute atomic E-state index is 14.0. The largest absolute Gasteiger partial charge is 0.481 e. The minimum Gasteiger partial charge on any atom is -0.481 e. The number of fused-ring (bicyclic) bond motifs is 16. The quantitative estimate of drug-likeness (QED) is 0.149. The first-order valence-corrected chi connectivity index (χ1v) is 17.1. The van der Waals surface area contributed by atoms with E-state index >= 15 is 0 Å². The van der Waals surface area contributed by atoms with Gasteiger partial charge >= 0.3 is 5.97 Å². The number of carbonyl (C=O) groups excluding carboxylic acids is 6. The fourth-order valence-electron chi connectivity index (χ4n) is 5.28. The molecule has 5 heterocycles. The van der Waals surface area contributed by atoms with Crippen molar-refractivity contribution in [2.45, 2.75) is 87.6 Å². The molecule has 0 spiro atoms. The molecular weight excluding hydrogens is 670 g/mol. The summed E-state index contributed by atoms with van der Waals surface area (Å²) < 4.78 is 2.52. The van der Waals surface area contributed by atoms with Crippen molar-refractivity contribution < 1.29 is 48.9 Å². The summed E-state index contributed by atoms with van der Waals surface area (Å²) in [4.78, 5) is 93.6. The number of thioether (sulfide) groups is 1. The van der Waals surface area contributed by atoms with E-state index < -0.39 is 96.8 Å². The Hall–Kier alpha value is -4.20. The van der Waals surface area contributed by atoms with Gasteiger partial charge in [0.2, 0.25) is 35.4 Å². The Morgan fingerprint density at radius 3 is 2.35 bits per heavy atom. The molecule has 8 N–H and O–H groups in total. The molecule has 0 radical (unpaired) electrons. The predicted octanol–water partition coefficient (Wildman–Crippen LogP) is -2.28. The van der Waals surface area contributed by atoms with Crippen LogP contribution in [-0.4, -0.2) is 127 Å². The summed E-state index contributed by atoms with van der Waals surface area (Å²) in [7, 11) is 0. The molecule has 1 saturated heterocycles. The van der Waals surface area contributed by atoms with Crippen LogP contribution in [0.3, 0.4) is 0 Å². The van der Waals surface area contributed by atoms with Crippen molar-refractivity contribution in [3.63, 3.8) is 0 Å². The highest BCUT2D eigenvalue weighted by molar-refractivity contribution is 7.99. The highest BCUT2D eigenvalue weighted by Gasteiger charge is 2.37. The number of aliphatic hydroxyl groups excluding tert-OH is 2. The summed E-state index contributed by atoms with van der Waals surface area (Å²) in [6, 6.07) is -5.11. The fourth-order valence-corrected chi connectivity index (χ4v) is 7.52. The van der Waals surface area contributed by atoms with Crippen molar-refractivity contribution in [2.75, 3.05) is 18.8 Å². The molecule has 7 atom stereocenters. The van der Waals surface area contributed by atoms with Crippen LogP contribution in [0, 0.1) is 0 Å². The smallest absolute Gasteiger partial charge is 0.303 e. The van der Waals surface area contributed by atoms with Gasteiger partial charge in [-0.25, -0.2) is 0 Å². The van der Waals surface area contributed by atoms with Crippen LogP contribution >= 0.6 is 23.1 Å². The average Bonchev–Trinajstić information content (AvgIpc) is 3.58. The van der Waals surface area contributed by atoms with E-state index in [0.29, 0.717) is 5.03 Å². The van der Waals surface area contributed by atoms with E-state index in [2.05, 4.69) is 26.6 Å². The Labute approximate surface area is 283 Å². The van der Waals surface area contributed by atoms with Crippen LogP contribution in [0.4, 0.5) is 0 Å². The summed E-state index contributed by atoms with van der Waals surface area (Å²) in [6.45, 7) is 2.89. The fraction of sp³-hybridized carbons (Fsp3) is 0.552. The molecule has 2 aromatic heterocycles. The number of aliphatic carboxylic acids is 1. The van der Waals surface area contributed by atoms with Gasteiger partial charge in [-0.2, -0.15) is 0 Å². The third-order valence-corrected chi connectivity index (χ3v) is 9.98. The van der Waals surface area contributed by atoms with Gasteiger partial charge in [0.1, 0.15) is 30.2 Å². The molecule has 19 heteroatoms. The molecule has 0 unspecified atom stereocenters. The topological polar surface area (TPSA) is 248 Å². The number of aliphatic hydroxyl groups is 2. The minimum atomic E-state index is -1.58. The standard InChI is InChI=1S/C29H39N7O10S2/c1-13(37)8-35-11-20(39)31-18-10-36-9-16-6-7-47-23(16)29(36)48-12-19(28(35)46)33-27(45)22(15(3)38)34-24(42)14(2)30-25(43)17(32-26(18)44)4-5-21(40)41/h6-7,9,13-15,17-19,22,37-38H,4-5,8,10-12H2,1-3H3,(H,30,43)(H,31,39)(H,32,44)(H,33,45)(H,34,42)(H,40,41)/t13-,14+,15+,17+,18-,19+,22-/m1/s1. The van der Waals surface area contributed by atoms with Gasteiger partial charge in [-0.15, -0.1) is 23.1 Å². The zero-order valence-electron chi connectivity index (χ0n) is 26.4. The number of amides is 6. The van der Waals surface area contributed by atoms with Gasteiger partial charge < -0.3 is 51.4 Å². The Morgan fingerprint density at radius 2 is 1.69 bits per heavy atom. The number of rotatable bonds is 6. The van der Waals surface area contributed by atoms with E-state index in [9.17, 15) is 48.9 Å². The van der Waals surface area contributed by atoms with Crippen LogP contribution in [-0.2, 0) is 40.1 Å². The van der Waals surface area contributed by atoms with Crippen LogP contribution in [0.25, 0.3) is 10.1 Å². The Balaban J connectivity index is 1.86. The molecule has 5 rings (SSSR count). The number of hydrogen-bond acceptors (Lipinski definition) is 11. The zero-order valence-corrected chi connectivity index (χ0v) is 28.1. The number of nitrogens with zero attached hydrogens (tertiary/aromatic N) is 2. The normalized spacial score (nSPS) is 26.4. The highest BCUT2D eigenvalue weighted by Crippen LogP contribution is 2.35. The van der Waals surface area contributed by atoms with Gasteiger partial charge in [-0.05, 0) is 38.6 Å². The SMILES string of the molecule is C[C@@H]1NC(=O)[C@H](CCC(=O)O)NC(=O)[C@H]2Cn3cc4ccsc4c3SC[C@H](NC(=O)[C@@H]([C@H](C)O)NC1=O)C(=O)N(C[C@@H](C)O)CC(=O)N2. The number of carboxylic acids is 1. The summed E-state index contributed by atoms with van der Waals surface area (Å²) in [6.07, 6.45) is -1.67. The van der Waals surface area contributed by atoms with Crippen LogP contribution in [0.2, 0.25) is 0 Å². The first kappa shape index (κ1) is 36.6. The number of carbonyl (C=O) groups is 7. The van der Waals surface area contributed by atoms with Crippen molar-refractivity contribution in [2.24, 2.45) is 0 Å². The molecule has 1 fully saturated rings. The summed E-state index contributed by atoms with van der Waals surface area (Å²) in [5.41, 5.74) is 0. The molecule has 262 valence electrons. The zero-order chi connectivity index (χ0) is 35.3. The molecule has 0 saturated carbocycles. The first-order chi connectivity index (χ1) is 22.6. The lowest BCUT2D eigenvalue weighted by molar-refractivity contribution is -0.142. The molecule has 3 aliphatic heterocycles. The van der Waals surface area contributed by atoms with E-state index in [1.54, 1.807) is 10.8 Å². The third-order valence-electron chi connectivity index (χ3n) is 7.70. The Kier molecular flexibility index (Phi) is 12.1. The van der Waals surface area contributed by atoms with Gasteiger partial charge in [0.25, 0.3) is 0 Å². The van der Waals surface area contributed by atoms with Crippen molar-refractivity contribution in [3.8, 4) is 0 Å². The maximum atomic E-state index is 14.0. The Morgan fingerprint density at radius 1 is 0.958 bits per heavy atom. The number of hydrogen-bond donors (Lipinski definition) is 8. The minimum absolute atomic E-state index is 0.0689. The van der Waals surface area contributed by atoms with Crippen molar-refractivity contribution in [3.05, 3.63) is 17.6 Å². The van der Waals surface area contributed by atoms with Crippen molar-refractivity contribution >= 4 is 74.6 Å². The highest BCUT2D eigenvalue weighted by atomic mass is 32.2. The molecule has 2 bridgehead atoms. The van der Waals surface area contributed by atoms with Gasteiger partial charge in [0.05, 0.1) is 35.0 Å². The summed E-state index contributed by atoms with van der Waals surface area (Å²) in [5, 5.41) is 45.7. The molecule has 2 aromatic rings. The monoisotopic (exact) mass is 709 g/mol. The van der Waals surface area contributed by atoms with Gasteiger partial charge in [-0.1, -0.05) is 0 Å². The lowest BCUT2D eigenvalue weighted by atomic mass is 10.1. The molecule has 17 nitrogen and oxygen atoms in total. The molecule has 6 amide bonds. The first-order valence-electron chi connectivity index (χ1n) is 15.2. The number of carboxylic acid groups (broad SMARTS) is 1. The summed E-state index contributed by atoms with van der Waals surface area (Å²) >= 11 is 2.59. The van der Waals surface area contributed by atoms with E-state index in [4.69, 9.17) is 0 Å². The number of nitrogens with one attached hydrogen (secondary N) is 5. The molecule has 0 aromatic carbocycles. The van der Waals surface area contributed by atoms with Crippen molar-refractivity contribution in [1.82, 2.24) is 36.1 Å². The summed E-state index contributed by atoms with van der Waals surface area (Å²) in [5.74, 6) is -6.37. The average molecular weight is 710 g/mol. The molecule has 3 aliphatic rings.